The van der Waals surface area contributed by atoms with Gasteiger partial charge < -0.3 is 10.7 Å². The van der Waals surface area contributed by atoms with Gasteiger partial charge in [0.05, 0.1) is 5.69 Å². The molecule has 0 atom stereocenters. The molecule has 92 valence electrons. The van der Waals surface area contributed by atoms with Crippen LogP contribution in [-0.2, 0) is 0 Å². The standard InChI is InChI=1S/C12H13N5O/c1-8-3-2-5-15-11(8)16-12(18)10-7-9(17-13)4-6-14-10/h2-7H,13H2,1H3,(H,14,17)(H,15,16,18). The first kappa shape index (κ1) is 12.0. The van der Waals surface area contributed by atoms with Gasteiger partial charge in [-0.05, 0) is 30.7 Å². The summed E-state index contributed by atoms with van der Waals surface area (Å²) in [5.74, 6) is 5.47. The highest BCUT2D eigenvalue weighted by atomic mass is 16.1. The number of nitrogen functional groups attached to an aromatic ring is 1. The van der Waals surface area contributed by atoms with Crippen LogP contribution in [0, 0.1) is 6.92 Å². The molecule has 6 heteroatoms. The predicted molar refractivity (Wildman–Crippen MR) is 69.0 cm³/mol. The number of amides is 1. The van der Waals surface area contributed by atoms with E-state index >= 15 is 0 Å². The van der Waals surface area contributed by atoms with E-state index in [2.05, 4.69) is 20.7 Å². The van der Waals surface area contributed by atoms with Crippen LogP contribution in [0.15, 0.2) is 36.7 Å². The van der Waals surface area contributed by atoms with Gasteiger partial charge in [-0.25, -0.2) is 4.98 Å². The molecule has 0 bridgehead atoms. The Bertz CT molecular complexity index is 570. The zero-order valence-electron chi connectivity index (χ0n) is 9.84. The molecule has 0 saturated heterocycles. The first-order valence-electron chi connectivity index (χ1n) is 5.36. The predicted octanol–water partition coefficient (Wildman–Crippen LogP) is 1.32. The van der Waals surface area contributed by atoms with E-state index in [9.17, 15) is 4.79 Å². The molecule has 0 aromatic carbocycles. The number of nitrogens with one attached hydrogen (secondary N) is 2. The molecule has 0 radical (unpaired) electrons. The van der Waals surface area contributed by atoms with Crippen molar-refractivity contribution in [2.75, 3.05) is 10.7 Å². The van der Waals surface area contributed by atoms with Crippen molar-refractivity contribution in [3.8, 4) is 0 Å². The van der Waals surface area contributed by atoms with E-state index in [4.69, 9.17) is 5.84 Å². The van der Waals surface area contributed by atoms with Gasteiger partial charge in [0.2, 0.25) is 0 Å². The Hall–Kier alpha value is -2.47. The topological polar surface area (TPSA) is 92.9 Å². The van der Waals surface area contributed by atoms with Gasteiger partial charge in [0.25, 0.3) is 5.91 Å². The number of hydrogen-bond donors (Lipinski definition) is 3. The van der Waals surface area contributed by atoms with E-state index in [-0.39, 0.29) is 11.6 Å². The SMILES string of the molecule is Cc1cccnc1NC(=O)c1cc(NN)ccn1. The molecule has 2 heterocycles. The summed E-state index contributed by atoms with van der Waals surface area (Å²) >= 11 is 0. The summed E-state index contributed by atoms with van der Waals surface area (Å²) < 4.78 is 0. The van der Waals surface area contributed by atoms with Crippen molar-refractivity contribution >= 4 is 17.4 Å². The Morgan fingerprint density at radius 1 is 1.28 bits per heavy atom. The lowest BCUT2D eigenvalue weighted by Crippen LogP contribution is -2.16. The molecule has 2 aromatic rings. The van der Waals surface area contributed by atoms with E-state index in [1.807, 2.05) is 19.1 Å². The molecule has 0 fully saturated rings. The third-order valence-electron chi connectivity index (χ3n) is 2.40. The summed E-state index contributed by atoms with van der Waals surface area (Å²) in [4.78, 5) is 20.0. The molecule has 0 spiro atoms. The van der Waals surface area contributed by atoms with Crippen LogP contribution in [0.2, 0.25) is 0 Å². The number of hydrogen-bond acceptors (Lipinski definition) is 5. The molecule has 0 aliphatic carbocycles. The summed E-state index contributed by atoms with van der Waals surface area (Å²) in [7, 11) is 0. The number of pyridine rings is 2. The Labute approximate surface area is 104 Å². The molecule has 18 heavy (non-hydrogen) atoms. The van der Waals surface area contributed by atoms with Crippen molar-refractivity contribution in [2.45, 2.75) is 6.92 Å². The van der Waals surface area contributed by atoms with Crippen molar-refractivity contribution in [3.63, 3.8) is 0 Å². The molecule has 4 N–H and O–H groups in total. The average molecular weight is 243 g/mol. The fourth-order valence-corrected chi connectivity index (χ4v) is 1.43. The first-order chi connectivity index (χ1) is 8.70. The number of nitrogens with zero attached hydrogens (tertiary/aromatic N) is 2. The zero-order valence-corrected chi connectivity index (χ0v) is 9.84. The zero-order chi connectivity index (χ0) is 13.0. The molecular formula is C12H13N5O. The van der Waals surface area contributed by atoms with Crippen LogP contribution >= 0.6 is 0 Å². The van der Waals surface area contributed by atoms with Crippen molar-refractivity contribution in [2.24, 2.45) is 5.84 Å². The second-order valence-electron chi connectivity index (χ2n) is 3.70. The molecule has 0 aliphatic heterocycles. The van der Waals surface area contributed by atoms with Crippen LogP contribution in [-0.4, -0.2) is 15.9 Å². The third-order valence-corrected chi connectivity index (χ3v) is 2.40. The number of aromatic nitrogens is 2. The summed E-state index contributed by atoms with van der Waals surface area (Å²) in [6.45, 7) is 1.87. The van der Waals surface area contributed by atoms with E-state index < -0.39 is 0 Å². The number of nitrogens with two attached hydrogens (primary N) is 1. The number of carbonyl (C=O) groups is 1. The Balaban J connectivity index is 2.19. The smallest absolute Gasteiger partial charge is 0.275 e. The van der Waals surface area contributed by atoms with Crippen LogP contribution in [0.25, 0.3) is 0 Å². The van der Waals surface area contributed by atoms with Gasteiger partial charge in [-0.3, -0.25) is 15.6 Å². The molecular weight excluding hydrogens is 230 g/mol. The molecule has 0 unspecified atom stereocenters. The Kier molecular flexibility index (Phi) is 3.49. The highest BCUT2D eigenvalue weighted by Crippen LogP contribution is 2.12. The molecule has 1 amide bonds. The normalized spacial score (nSPS) is 9.89. The van der Waals surface area contributed by atoms with Crippen LogP contribution in [0.3, 0.4) is 0 Å². The van der Waals surface area contributed by atoms with E-state index in [1.54, 1.807) is 18.3 Å². The highest BCUT2D eigenvalue weighted by Gasteiger charge is 2.10. The fraction of sp³-hybridized carbons (Fsp3) is 0.0833. The number of anilines is 2. The molecule has 0 aliphatic rings. The van der Waals surface area contributed by atoms with Crippen LogP contribution in [0.4, 0.5) is 11.5 Å². The molecule has 2 rings (SSSR count). The number of carbonyl (C=O) groups excluding carboxylic acids is 1. The van der Waals surface area contributed by atoms with E-state index in [0.29, 0.717) is 11.5 Å². The lowest BCUT2D eigenvalue weighted by Gasteiger charge is -2.07. The third kappa shape index (κ3) is 2.61. The average Bonchev–Trinajstić information content (AvgIpc) is 2.41. The van der Waals surface area contributed by atoms with Crippen molar-refractivity contribution in [1.82, 2.24) is 9.97 Å². The molecule has 6 nitrogen and oxygen atoms in total. The Morgan fingerprint density at radius 3 is 2.83 bits per heavy atom. The number of hydrazine groups is 1. The van der Waals surface area contributed by atoms with Crippen LogP contribution in [0.1, 0.15) is 16.1 Å². The lowest BCUT2D eigenvalue weighted by molar-refractivity contribution is 0.102. The maximum absolute atomic E-state index is 12.0. The van der Waals surface area contributed by atoms with Gasteiger partial charge in [0.15, 0.2) is 0 Å². The van der Waals surface area contributed by atoms with Crippen molar-refractivity contribution < 1.29 is 4.79 Å². The van der Waals surface area contributed by atoms with Gasteiger partial charge in [-0.15, -0.1) is 0 Å². The molecule has 2 aromatic heterocycles. The minimum absolute atomic E-state index is 0.274. The van der Waals surface area contributed by atoms with Gasteiger partial charge in [0, 0.05) is 12.4 Å². The summed E-state index contributed by atoms with van der Waals surface area (Å²) in [5, 5.41) is 2.70. The monoisotopic (exact) mass is 243 g/mol. The summed E-state index contributed by atoms with van der Waals surface area (Å²) in [6, 6.07) is 6.91. The highest BCUT2D eigenvalue weighted by molar-refractivity contribution is 6.03. The fourth-order valence-electron chi connectivity index (χ4n) is 1.43. The first-order valence-corrected chi connectivity index (χ1v) is 5.36. The lowest BCUT2D eigenvalue weighted by atomic mass is 10.2. The largest absolute Gasteiger partial charge is 0.324 e. The van der Waals surface area contributed by atoms with Gasteiger partial charge in [0.1, 0.15) is 11.5 Å². The number of aryl methyl sites for hydroxylation is 1. The minimum Gasteiger partial charge on any atom is -0.324 e. The summed E-state index contributed by atoms with van der Waals surface area (Å²) in [5.41, 5.74) is 4.24. The quantitative estimate of drug-likeness (QED) is 0.558. The van der Waals surface area contributed by atoms with Crippen LogP contribution in [0.5, 0.6) is 0 Å². The van der Waals surface area contributed by atoms with E-state index in [1.165, 1.54) is 6.20 Å². The van der Waals surface area contributed by atoms with Crippen LogP contribution < -0.4 is 16.6 Å². The molecule has 0 saturated carbocycles. The van der Waals surface area contributed by atoms with Gasteiger partial charge >= 0.3 is 0 Å². The maximum atomic E-state index is 12.0. The summed E-state index contributed by atoms with van der Waals surface area (Å²) in [6.07, 6.45) is 3.13. The minimum atomic E-state index is -0.325. The second-order valence-corrected chi connectivity index (χ2v) is 3.70. The van der Waals surface area contributed by atoms with E-state index in [0.717, 1.165) is 5.56 Å². The maximum Gasteiger partial charge on any atom is 0.275 e. The number of rotatable bonds is 3. The Morgan fingerprint density at radius 2 is 2.11 bits per heavy atom. The van der Waals surface area contributed by atoms with Crippen molar-refractivity contribution in [1.29, 1.82) is 0 Å². The van der Waals surface area contributed by atoms with Gasteiger partial charge in [-0.2, -0.15) is 0 Å². The second kappa shape index (κ2) is 5.24. The van der Waals surface area contributed by atoms with Crippen molar-refractivity contribution in [3.05, 3.63) is 47.9 Å². The van der Waals surface area contributed by atoms with Gasteiger partial charge in [-0.1, -0.05) is 6.07 Å².